The average Bonchev–Trinajstić information content (AvgIpc) is 1.64. The maximum atomic E-state index is 9.13. The summed E-state index contributed by atoms with van der Waals surface area (Å²) in [6.07, 6.45) is 5.14. The molecule has 0 N–H and O–H groups in total. The van der Waals surface area contributed by atoms with Crippen LogP contribution in [0.1, 0.15) is 50.0 Å². The van der Waals surface area contributed by atoms with Crippen LogP contribution in [0.4, 0.5) is 0 Å². The highest BCUT2D eigenvalue weighted by Gasteiger charge is 2.21. The number of fused-ring (bicyclic) bond motifs is 7. The van der Waals surface area contributed by atoms with E-state index in [1.807, 2.05) is 59.2 Å². The van der Waals surface area contributed by atoms with Gasteiger partial charge in [0.15, 0.2) is 0 Å². The van der Waals surface area contributed by atoms with Crippen LogP contribution < -0.4 is 9.30 Å². The van der Waals surface area contributed by atoms with Crippen LogP contribution in [0.15, 0.2) is 230 Å². The molecule has 0 aliphatic carbocycles. The first-order valence-electron chi connectivity index (χ1n) is 31.1. The second-order valence-corrected chi connectivity index (χ2v) is 16.7. The molecule has 0 aliphatic rings. The van der Waals surface area contributed by atoms with Crippen molar-refractivity contribution in [3.05, 3.63) is 242 Å². The molecular weight excluding hydrogens is 843 g/mol. The van der Waals surface area contributed by atoms with E-state index in [1.165, 1.54) is 10.6 Å². The smallest absolute Gasteiger partial charge is 0.269 e. The van der Waals surface area contributed by atoms with E-state index in [0.29, 0.717) is 56.1 Å². The third-order valence-corrected chi connectivity index (χ3v) is 12.4. The fourth-order valence-corrected chi connectivity index (χ4v) is 9.23. The standard InChI is InChI=1S/C63H45N5O/c1-42(2)45-35-36-64-62(37-45)68-58-34-31-47(67-56-27-11-9-23-52(56)53-24-10-12-28-57(53)67)39-55(58)54-33-32-49(40-61(54)68)69-48-22-15-21-46(38-48)65-41-66(60-30-14-13-29-59(60)65)63-50(43-17-5-3-6-18-43)25-16-26-51(63)44-19-7-4-8-20-44/h3-40,42H,1-2H3/i3D,4D,5D,6D,7D,8D,9D,10D,11D,12D,17D,18D,19D,20D,23D,24D,27D,28D. The molecule has 328 valence electrons. The SMILES string of the molecule is [2H]c1c([2H])c([2H])c(-c2cccc(-c3c([2H])c([2H])c([2H])c([2H])c3[2H])c2-[n+]2[c-]n(-c3cccc(Oc4ccc5c6cc(-n7c8c([2H])c([2H])c([2H])c([2H])c8c8c([2H])c([2H])c([2H])c([2H])c87)ccc6n(-c6cc(C(C)C)ccn6)c5c4)c3)c3ccccc32)c([2H])c1[2H]. The Hall–Kier alpha value is -9.00. The number of pyridine rings is 1. The fraction of sp³-hybridized carbons (Fsp3) is 0.0476. The van der Waals surface area contributed by atoms with Crippen molar-refractivity contribution in [3.8, 4) is 56.6 Å². The summed E-state index contributed by atoms with van der Waals surface area (Å²) < 4.78 is 172. The lowest BCUT2D eigenvalue weighted by Crippen LogP contribution is -2.31. The first-order chi connectivity index (χ1) is 41.5. The van der Waals surface area contributed by atoms with Crippen molar-refractivity contribution in [1.29, 1.82) is 0 Å². The molecule has 9 aromatic carbocycles. The number of aromatic nitrogens is 5. The molecule has 4 heterocycles. The summed E-state index contributed by atoms with van der Waals surface area (Å²) in [4.78, 5) is 4.84. The number of hydrogen-bond donors (Lipinski definition) is 0. The number of hydrogen-bond acceptors (Lipinski definition) is 2. The molecule has 0 aliphatic heterocycles. The summed E-state index contributed by atoms with van der Waals surface area (Å²) in [6, 6.07) is 24.4. The molecule has 0 radical (unpaired) electrons. The molecule has 4 aromatic heterocycles. The van der Waals surface area contributed by atoms with E-state index in [4.69, 9.17) is 34.4 Å². The van der Waals surface area contributed by atoms with Crippen LogP contribution in [-0.2, 0) is 0 Å². The number of rotatable bonds is 9. The Morgan fingerprint density at radius 1 is 0.507 bits per heavy atom. The van der Waals surface area contributed by atoms with E-state index < -0.39 is 109 Å². The zero-order chi connectivity index (χ0) is 61.7. The molecule has 0 saturated carbocycles. The third-order valence-electron chi connectivity index (χ3n) is 12.4. The molecule has 0 amide bonds. The summed E-state index contributed by atoms with van der Waals surface area (Å²) in [7, 11) is 0. The second kappa shape index (κ2) is 16.4. The maximum absolute atomic E-state index is 9.13. The highest BCUT2D eigenvalue weighted by Crippen LogP contribution is 2.40. The summed E-state index contributed by atoms with van der Waals surface area (Å²) in [5.41, 5.74) is 4.28. The van der Waals surface area contributed by atoms with Gasteiger partial charge < -0.3 is 9.30 Å². The zero-order valence-corrected chi connectivity index (χ0v) is 36.8. The monoisotopic (exact) mass is 905 g/mol. The van der Waals surface area contributed by atoms with Crippen LogP contribution in [0.5, 0.6) is 11.5 Å². The van der Waals surface area contributed by atoms with Crippen molar-refractivity contribution in [3.63, 3.8) is 0 Å². The van der Waals surface area contributed by atoms with Crippen molar-refractivity contribution in [2.24, 2.45) is 0 Å². The average molecular weight is 906 g/mol. The van der Waals surface area contributed by atoms with E-state index >= 15 is 0 Å². The Kier molecular flexibility index (Phi) is 6.13. The van der Waals surface area contributed by atoms with Gasteiger partial charge in [0.1, 0.15) is 17.3 Å². The van der Waals surface area contributed by atoms with Gasteiger partial charge in [-0.2, -0.15) is 0 Å². The fourth-order valence-electron chi connectivity index (χ4n) is 9.23. The molecule has 0 atom stereocenters. The molecule has 6 heteroatoms. The molecular formula is C63H45N5O. The summed E-state index contributed by atoms with van der Waals surface area (Å²) in [6.45, 7) is 4.15. The lowest BCUT2D eigenvalue weighted by molar-refractivity contribution is -0.571. The quantitative estimate of drug-likeness (QED) is 0.107. The van der Waals surface area contributed by atoms with Crippen LogP contribution in [0.3, 0.4) is 0 Å². The van der Waals surface area contributed by atoms with E-state index in [9.17, 15) is 0 Å². The number of imidazole rings is 1. The molecule has 0 bridgehead atoms. The topological polar surface area (TPSA) is 40.8 Å². The van der Waals surface area contributed by atoms with Crippen molar-refractivity contribution in [1.82, 2.24) is 18.7 Å². The minimum absolute atomic E-state index is 0.00750. The van der Waals surface area contributed by atoms with Crippen molar-refractivity contribution >= 4 is 54.6 Å². The lowest BCUT2D eigenvalue weighted by atomic mass is 9.95. The number of ether oxygens (including phenoxy) is 1. The van der Waals surface area contributed by atoms with E-state index in [0.717, 1.165) is 10.9 Å². The Balaban J connectivity index is 0.984. The molecule has 69 heavy (non-hydrogen) atoms. The first kappa shape index (κ1) is 25.8. The number of nitrogens with zero attached hydrogens (tertiary/aromatic N) is 5. The van der Waals surface area contributed by atoms with Gasteiger partial charge in [-0.15, -0.1) is 0 Å². The van der Waals surface area contributed by atoms with Gasteiger partial charge in [0.25, 0.3) is 6.33 Å². The highest BCUT2D eigenvalue weighted by molar-refractivity contribution is 6.12. The molecule has 13 aromatic rings. The summed E-state index contributed by atoms with van der Waals surface area (Å²) in [5.74, 6) is 1.51. The Morgan fingerprint density at radius 3 is 1.90 bits per heavy atom. The third kappa shape index (κ3) is 6.79. The minimum Gasteiger partial charge on any atom is -0.458 e. The van der Waals surface area contributed by atoms with E-state index in [2.05, 4.69) is 20.2 Å². The Bertz CT molecular complexity index is 4960. The predicted molar refractivity (Wildman–Crippen MR) is 282 cm³/mol. The van der Waals surface area contributed by atoms with Crippen molar-refractivity contribution < 1.29 is 34.0 Å². The van der Waals surface area contributed by atoms with Gasteiger partial charge in [-0.1, -0.05) is 159 Å². The normalized spacial score (nSPS) is 15.4. The first-order valence-corrected chi connectivity index (χ1v) is 22.1. The van der Waals surface area contributed by atoms with Gasteiger partial charge in [-0.3, -0.25) is 13.7 Å². The molecule has 0 fully saturated rings. The van der Waals surface area contributed by atoms with Gasteiger partial charge in [-0.05, 0) is 106 Å². The molecule has 0 saturated heterocycles. The van der Waals surface area contributed by atoms with Crippen molar-refractivity contribution in [2.75, 3.05) is 0 Å². The molecule has 6 nitrogen and oxygen atoms in total. The minimum atomic E-state index is -0.607. The van der Waals surface area contributed by atoms with Crippen LogP contribution in [0.2, 0.25) is 0 Å². The van der Waals surface area contributed by atoms with Gasteiger partial charge >= 0.3 is 0 Å². The number of benzene rings is 9. The summed E-state index contributed by atoms with van der Waals surface area (Å²) in [5, 5.41) is 1.33. The van der Waals surface area contributed by atoms with Gasteiger partial charge in [0, 0.05) is 39.5 Å². The van der Waals surface area contributed by atoms with Gasteiger partial charge in [0.2, 0.25) is 0 Å². The van der Waals surface area contributed by atoms with Crippen LogP contribution in [-0.4, -0.2) is 18.7 Å². The van der Waals surface area contributed by atoms with Crippen LogP contribution in [0.25, 0.3) is 99.8 Å². The predicted octanol–water partition coefficient (Wildman–Crippen LogP) is 15.5. The Morgan fingerprint density at radius 2 is 1.17 bits per heavy atom. The van der Waals surface area contributed by atoms with Gasteiger partial charge in [0.05, 0.1) is 69.1 Å². The Labute approximate surface area is 425 Å². The highest BCUT2D eigenvalue weighted by atomic mass is 16.5. The zero-order valence-electron chi connectivity index (χ0n) is 54.8. The van der Waals surface area contributed by atoms with Crippen molar-refractivity contribution in [2.45, 2.75) is 19.8 Å². The molecule has 0 spiro atoms. The van der Waals surface area contributed by atoms with Gasteiger partial charge in [-0.25, -0.2) is 4.98 Å². The number of para-hydroxylation sites is 5. The van der Waals surface area contributed by atoms with E-state index in [1.54, 1.807) is 69.9 Å². The molecule has 0 unspecified atom stereocenters. The second-order valence-electron chi connectivity index (χ2n) is 16.7. The lowest BCUT2D eigenvalue weighted by Gasteiger charge is -2.17. The summed E-state index contributed by atoms with van der Waals surface area (Å²) >= 11 is 0. The largest absolute Gasteiger partial charge is 0.458 e. The molecule has 13 rings (SSSR count). The van der Waals surface area contributed by atoms with E-state index in [-0.39, 0.29) is 55.7 Å². The van der Waals surface area contributed by atoms with Crippen LogP contribution in [0, 0.1) is 6.33 Å². The maximum Gasteiger partial charge on any atom is 0.269 e. The van der Waals surface area contributed by atoms with Crippen LogP contribution >= 0.6 is 0 Å².